The zero-order valence-electron chi connectivity index (χ0n) is 12.8. The summed E-state index contributed by atoms with van der Waals surface area (Å²) in [5.74, 6) is 0. The van der Waals surface area contributed by atoms with E-state index < -0.39 is 38.9 Å². The Morgan fingerprint density at radius 2 is 1.40 bits per heavy atom. The summed E-state index contributed by atoms with van der Waals surface area (Å²) in [7, 11) is 0.191. The number of rotatable bonds is 6. The second-order valence-corrected chi connectivity index (χ2v) is 11.5. The van der Waals surface area contributed by atoms with Gasteiger partial charge in [0.1, 0.15) is 11.0 Å². The van der Waals surface area contributed by atoms with Gasteiger partial charge in [0, 0.05) is 27.9 Å². The number of hydrogen-bond acceptors (Lipinski definition) is 5. The molecule has 136 valence electrons. The molecular weight excluding hydrogens is 429 g/mol. The fourth-order valence-electron chi connectivity index (χ4n) is 1.87. The summed E-state index contributed by atoms with van der Waals surface area (Å²) in [4.78, 5) is -1.08. The van der Waals surface area contributed by atoms with E-state index >= 15 is 0 Å². The van der Waals surface area contributed by atoms with Crippen molar-refractivity contribution in [2.45, 2.75) is 28.2 Å². The van der Waals surface area contributed by atoms with Crippen LogP contribution in [0.5, 0.6) is 0 Å². The van der Waals surface area contributed by atoms with Crippen LogP contribution in [-0.2, 0) is 35.6 Å². The largest absolute Gasteiger partial charge is 0.261 e. The van der Waals surface area contributed by atoms with Gasteiger partial charge in [-0.25, -0.2) is 25.8 Å². The van der Waals surface area contributed by atoms with Crippen molar-refractivity contribution in [3.8, 4) is 0 Å². The van der Waals surface area contributed by atoms with Gasteiger partial charge in [0.05, 0.1) is 14.7 Å². The minimum atomic E-state index is -4.23. The summed E-state index contributed by atoms with van der Waals surface area (Å²) in [5, 5.41) is 0. The first-order chi connectivity index (χ1) is 11.5. The normalized spacial score (nSPS) is 13.6. The van der Waals surface area contributed by atoms with E-state index in [0.29, 0.717) is 0 Å². The quantitative estimate of drug-likeness (QED) is 0.694. The third-order valence-corrected chi connectivity index (χ3v) is 6.90. The number of halogens is 2. The third-order valence-electron chi connectivity index (χ3n) is 3.16. The van der Waals surface area contributed by atoms with Crippen molar-refractivity contribution in [2.75, 3.05) is 0 Å². The van der Waals surface area contributed by atoms with Crippen LogP contribution in [0.15, 0.2) is 57.2 Å². The van der Waals surface area contributed by atoms with Crippen LogP contribution < -0.4 is 4.72 Å². The maximum absolute atomic E-state index is 12.4. The van der Waals surface area contributed by atoms with Crippen molar-refractivity contribution in [1.29, 1.82) is 0 Å². The third kappa shape index (κ3) is 5.77. The lowest BCUT2D eigenvalue weighted by Crippen LogP contribution is -2.17. The first kappa shape index (κ1) is 20.3. The van der Waals surface area contributed by atoms with Gasteiger partial charge >= 0.3 is 0 Å². The van der Waals surface area contributed by atoms with Crippen LogP contribution in [0, 0.1) is 6.92 Å². The highest BCUT2D eigenvalue weighted by molar-refractivity contribution is 8.14. The van der Waals surface area contributed by atoms with E-state index in [9.17, 15) is 21.0 Å². The van der Waals surface area contributed by atoms with E-state index in [-0.39, 0.29) is 11.4 Å². The Labute approximate surface area is 157 Å². The van der Waals surface area contributed by atoms with Crippen LogP contribution in [-0.4, -0.2) is 21.0 Å². The molecule has 2 aromatic rings. The average molecular weight is 442 g/mol. The molecule has 0 aliphatic heterocycles. The van der Waals surface area contributed by atoms with Crippen molar-refractivity contribution < 1.29 is 21.0 Å². The molecule has 0 spiro atoms. The fraction of sp³-hybridized carbons (Fsp3) is 0.143. The molecule has 2 aromatic carbocycles. The summed E-state index contributed by atoms with van der Waals surface area (Å²) in [5.41, 5.74) is 1.92. The van der Waals surface area contributed by atoms with Crippen molar-refractivity contribution in [1.82, 2.24) is 4.72 Å². The zero-order valence-corrected chi connectivity index (χ0v) is 16.7. The highest BCUT2D eigenvalue weighted by atomic mass is 35.7. The van der Waals surface area contributed by atoms with E-state index in [1.165, 1.54) is 0 Å². The van der Waals surface area contributed by atoms with Gasteiger partial charge in [-0.3, -0.25) is 0 Å². The Bertz CT molecular complexity index is 969. The summed E-state index contributed by atoms with van der Waals surface area (Å²) >= 11 is 0. The number of nitrogens with one attached hydrogen (secondary N) is 1. The van der Waals surface area contributed by atoms with Gasteiger partial charge in [-0.15, -0.1) is 0 Å². The van der Waals surface area contributed by atoms with E-state index in [4.69, 9.17) is 21.4 Å². The molecule has 6 nitrogen and oxygen atoms in total. The second kappa shape index (κ2) is 7.73. The van der Waals surface area contributed by atoms with E-state index in [1.807, 2.05) is 31.2 Å². The smallest absolute Gasteiger partial charge is 0.237 e. The molecule has 0 fully saturated rings. The van der Waals surface area contributed by atoms with E-state index in [1.54, 1.807) is 0 Å². The monoisotopic (exact) mass is 441 g/mol. The SMILES string of the molecule is Cc1ccc(CNS(=O)c2cc(S(=O)(=O)Cl)cc(S(=O)(=O)Cl)c2)cc1. The molecule has 0 amide bonds. The van der Waals surface area contributed by atoms with Gasteiger partial charge in [-0.2, -0.15) is 0 Å². The summed E-state index contributed by atoms with van der Waals surface area (Å²) in [6.45, 7) is 2.16. The van der Waals surface area contributed by atoms with Gasteiger partial charge in [0.25, 0.3) is 18.1 Å². The predicted octanol–water partition coefficient (Wildman–Crippen LogP) is 2.66. The van der Waals surface area contributed by atoms with Gasteiger partial charge < -0.3 is 0 Å². The molecule has 0 heterocycles. The molecule has 0 aromatic heterocycles. The maximum atomic E-state index is 12.4. The van der Waals surface area contributed by atoms with Crippen LogP contribution in [0.2, 0.25) is 0 Å². The molecular formula is C14H13Cl2NO5S3. The first-order valence-electron chi connectivity index (χ1n) is 6.72. The molecule has 2 rings (SSSR count). The maximum Gasteiger partial charge on any atom is 0.261 e. The minimum absolute atomic E-state index is 0.0759. The first-order valence-corrected chi connectivity index (χ1v) is 12.5. The summed E-state index contributed by atoms with van der Waals surface area (Å²) < 4.78 is 61.1. The van der Waals surface area contributed by atoms with E-state index in [0.717, 1.165) is 29.3 Å². The number of benzene rings is 2. The number of aryl methyl sites for hydroxylation is 1. The Hall–Kier alpha value is -0.970. The van der Waals surface area contributed by atoms with Gasteiger partial charge in [0.15, 0.2) is 0 Å². The molecule has 1 atom stereocenters. The highest BCUT2D eigenvalue weighted by Crippen LogP contribution is 2.25. The number of hydrogen-bond donors (Lipinski definition) is 1. The Kier molecular flexibility index (Phi) is 6.29. The van der Waals surface area contributed by atoms with Crippen molar-refractivity contribution in [3.05, 3.63) is 53.6 Å². The summed E-state index contributed by atoms with van der Waals surface area (Å²) in [6.07, 6.45) is 0. The van der Waals surface area contributed by atoms with Crippen molar-refractivity contribution in [2.24, 2.45) is 0 Å². The Morgan fingerprint density at radius 1 is 0.920 bits per heavy atom. The van der Waals surface area contributed by atoms with Crippen LogP contribution in [0.4, 0.5) is 0 Å². The Balaban J connectivity index is 2.33. The molecule has 1 N–H and O–H groups in total. The predicted molar refractivity (Wildman–Crippen MR) is 96.9 cm³/mol. The van der Waals surface area contributed by atoms with Crippen LogP contribution >= 0.6 is 21.4 Å². The summed E-state index contributed by atoms with van der Waals surface area (Å²) in [6, 6.07) is 10.3. The molecule has 0 aliphatic carbocycles. The lowest BCUT2D eigenvalue weighted by atomic mass is 10.2. The standard InChI is InChI=1S/C14H13Cl2NO5S3/c1-10-2-4-11(5-3-10)9-17-23(18)12-6-13(24(15,19)20)8-14(7-12)25(16,21)22/h2-8,17H,9H2,1H3. The molecule has 1 unspecified atom stereocenters. The van der Waals surface area contributed by atoms with Gasteiger partial charge in [0.2, 0.25) is 0 Å². The van der Waals surface area contributed by atoms with Crippen LogP contribution in [0.3, 0.4) is 0 Å². The topological polar surface area (TPSA) is 97.4 Å². The molecule has 11 heteroatoms. The Morgan fingerprint density at radius 3 is 1.84 bits per heavy atom. The van der Waals surface area contributed by atoms with Crippen LogP contribution in [0.1, 0.15) is 11.1 Å². The van der Waals surface area contributed by atoms with Crippen LogP contribution in [0.25, 0.3) is 0 Å². The molecule has 0 aliphatic rings. The molecule has 25 heavy (non-hydrogen) atoms. The fourth-order valence-corrected chi connectivity index (χ4v) is 4.63. The average Bonchev–Trinajstić information content (AvgIpc) is 2.52. The zero-order chi connectivity index (χ0) is 18.8. The minimum Gasteiger partial charge on any atom is -0.237 e. The molecule has 0 saturated carbocycles. The molecule has 0 saturated heterocycles. The van der Waals surface area contributed by atoms with Crippen molar-refractivity contribution >= 4 is 50.5 Å². The highest BCUT2D eigenvalue weighted by Gasteiger charge is 2.20. The van der Waals surface area contributed by atoms with E-state index in [2.05, 4.69) is 4.72 Å². The lowest BCUT2D eigenvalue weighted by molar-refractivity contribution is 0.607. The van der Waals surface area contributed by atoms with Gasteiger partial charge in [-0.05, 0) is 30.7 Å². The molecule has 0 bridgehead atoms. The molecule has 0 radical (unpaired) electrons. The second-order valence-electron chi connectivity index (χ2n) is 5.09. The lowest BCUT2D eigenvalue weighted by Gasteiger charge is -2.08. The van der Waals surface area contributed by atoms with Crippen molar-refractivity contribution in [3.63, 3.8) is 0 Å². The van der Waals surface area contributed by atoms with Gasteiger partial charge in [-0.1, -0.05) is 29.8 Å².